The van der Waals surface area contributed by atoms with Gasteiger partial charge in [0.15, 0.2) is 0 Å². The van der Waals surface area contributed by atoms with Crippen molar-refractivity contribution in [3.63, 3.8) is 0 Å². The van der Waals surface area contributed by atoms with Crippen LogP contribution in [0.4, 0.5) is 0 Å². The highest BCUT2D eigenvalue weighted by Crippen LogP contribution is 2.16. The van der Waals surface area contributed by atoms with E-state index in [9.17, 15) is 0 Å². The predicted molar refractivity (Wildman–Crippen MR) is 181 cm³/mol. The Morgan fingerprint density at radius 3 is 0.795 bits per heavy atom. The molecule has 0 saturated carbocycles. The van der Waals surface area contributed by atoms with Crippen LogP contribution in [0.5, 0.6) is 0 Å². The van der Waals surface area contributed by atoms with Crippen molar-refractivity contribution in [1.82, 2.24) is 5.32 Å². The second-order valence-electron chi connectivity index (χ2n) is 13.5. The summed E-state index contributed by atoms with van der Waals surface area (Å²) in [6.45, 7) is 9.50. The first-order chi connectivity index (χ1) is 19.3. The molecule has 0 amide bonds. The Kier molecular flexibility index (Phi) is 35.9. The molecule has 0 aromatic rings. The van der Waals surface area contributed by atoms with Gasteiger partial charge in [-0.3, -0.25) is 0 Å². The van der Waals surface area contributed by atoms with E-state index in [0.717, 1.165) is 5.92 Å². The maximum atomic E-state index is 3.69. The van der Waals surface area contributed by atoms with Gasteiger partial charge in [-0.2, -0.15) is 0 Å². The van der Waals surface area contributed by atoms with Crippen molar-refractivity contribution in [2.24, 2.45) is 5.92 Å². The summed E-state index contributed by atoms with van der Waals surface area (Å²) >= 11 is 0. The zero-order valence-corrected chi connectivity index (χ0v) is 28.1. The fourth-order valence-corrected chi connectivity index (χ4v) is 6.02. The van der Waals surface area contributed by atoms with E-state index < -0.39 is 0 Å². The molecule has 0 radical (unpaired) electrons. The number of unbranched alkanes of at least 4 members (excludes halogenated alkanes) is 29. The molecule has 0 aliphatic rings. The Bertz CT molecular complexity index is 404. The predicted octanol–water partition coefficient (Wildman–Crippen LogP) is 13.7. The molecule has 0 aromatic heterocycles. The van der Waals surface area contributed by atoms with Gasteiger partial charge in [0.2, 0.25) is 0 Å². The first-order valence-electron chi connectivity index (χ1n) is 19.0. The van der Waals surface area contributed by atoms with Crippen LogP contribution in [0.1, 0.15) is 226 Å². The zero-order chi connectivity index (χ0) is 28.3. The van der Waals surface area contributed by atoms with Crippen LogP contribution in [-0.4, -0.2) is 13.1 Å². The van der Waals surface area contributed by atoms with Crippen LogP contribution in [0, 0.1) is 5.92 Å². The lowest BCUT2D eigenvalue weighted by Crippen LogP contribution is -2.16. The number of hydrogen-bond donors (Lipinski definition) is 1. The van der Waals surface area contributed by atoms with Gasteiger partial charge in [0.05, 0.1) is 0 Å². The third-order valence-electron chi connectivity index (χ3n) is 8.84. The lowest BCUT2D eigenvalue weighted by molar-refractivity contribution is 0.501. The van der Waals surface area contributed by atoms with E-state index in [1.54, 1.807) is 0 Å². The van der Waals surface area contributed by atoms with Gasteiger partial charge in [-0.05, 0) is 31.8 Å². The van der Waals surface area contributed by atoms with Crippen LogP contribution >= 0.6 is 0 Å². The van der Waals surface area contributed by atoms with E-state index in [1.165, 1.54) is 219 Å². The van der Waals surface area contributed by atoms with Crippen molar-refractivity contribution in [2.45, 2.75) is 226 Å². The number of hydrogen-bond acceptors (Lipinski definition) is 1. The van der Waals surface area contributed by atoms with Crippen LogP contribution in [0.25, 0.3) is 0 Å². The summed E-state index contributed by atoms with van der Waals surface area (Å²) in [5.41, 5.74) is 0. The molecule has 0 fully saturated rings. The van der Waals surface area contributed by atoms with E-state index in [-0.39, 0.29) is 0 Å². The van der Waals surface area contributed by atoms with E-state index in [4.69, 9.17) is 0 Å². The summed E-state index contributed by atoms with van der Waals surface area (Å²) in [7, 11) is 0. The molecule has 39 heavy (non-hydrogen) atoms. The summed E-state index contributed by atoms with van der Waals surface area (Å²) in [6, 6.07) is 0. The van der Waals surface area contributed by atoms with Crippen molar-refractivity contribution in [3.05, 3.63) is 0 Å². The highest BCUT2D eigenvalue weighted by Gasteiger charge is 1.97. The van der Waals surface area contributed by atoms with Gasteiger partial charge in [-0.1, -0.05) is 213 Å². The Morgan fingerprint density at radius 1 is 0.308 bits per heavy atom. The van der Waals surface area contributed by atoms with Crippen molar-refractivity contribution in [3.8, 4) is 0 Å². The molecule has 0 spiro atoms. The SMILES string of the molecule is CCCCCCCCCCCCCCCCCCNCCCCCCCCCCCCCCCCCC(C)C. The lowest BCUT2D eigenvalue weighted by Gasteiger charge is -2.06. The molecule has 0 bridgehead atoms. The minimum atomic E-state index is 0.894. The maximum Gasteiger partial charge on any atom is -0.00489 e. The quantitative estimate of drug-likeness (QED) is 0.0775. The largest absolute Gasteiger partial charge is 0.317 e. The highest BCUT2D eigenvalue weighted by molar-refractivity contribution is 4.54. The Balaban J connectivity index is 3.02. The van der Waals surface area contributed by atoms with Crippen LogP contribution in [0.15, 0.2) is 0 Å². The molecule has 0 aliphatic heterocycles. The van der Waals surface area contributed by atoms with Gasteiger partial charge in [0, 0.05) is 0 Å². The van der Waals surface area contributed by atoms with Gasteiger partial charge in [-0.25, -0.2) is 0 Å². The fourth-order valence-electron chi connectivity index (χ4n) is 6.02. The van der Waals surface area contributed by atoms with Crippen molar-refractivity contribution >= 4 is 0 Å². The molecule has 1 heteroatoms. The van der Waals surface area contributed by atoms with Gasteiger partial charge in [-0.15, -0.1) is 0 Å². The second kappa shape index (κ2) is 36.0. The van der Waals surface area contributed by atoms with Crippen molar-refractivity contribution in [1.29, 1.82) is 0 Å². The topological polar surface area (TPSA) is 12.0 Å². The third kappa shape index (κ3) is 38.0. The molecule has 0 aliphatic carbocycles. The van der Waals surface area contributed by atoms with E-state index >= 15 is 0 Å². The van der Waals surface area contributed by atoms with Crippen molar-refractivity contribution in [2.75, 3.05) is 13.1 Å². The molecule has 0 saturated heterocycles. The highest BCUT2D eigenvalue weighted by atomic mass is 14.8. The van der Waals surface area contributed by atoms with Gasteiger partial charge in [0.25, 0.3) is 0 Å². The van der Waals surface area contributed by atoms with E-state index in [1.807, 2.05) is 0 Å². The molecule has 1 N–H and O–H groups in total. The molecule has 0 rings (SSSR count). The van der Waals surface area contributed by atoms with Crippen molar-refractivity contribution < 1.29 is 0 Å². The first-order valence-corrected chi connectivity index (χ1v) is 19.0. The zero-order valence-electron chi connectivity index (χ0n) is 28.1. The molecule has 0 aromatic carbocycles. The third-order valence-corrected chi connectivity index (χ3v) is 8.84. The molecule has 236 valence electrons. The standard InChI is InChI=1S/C38H79N/c1-4-5-6-7-8-9-10-11-12-15-18-21-24-27-30-33-36-39-37-34-31-28-25-22-19-16-13-14-17-20-23-26-29-32-35-38(2)3/h38-39H,4-37H2,1-3H3. The van der Waals surface area contributed by atoms with E-state index in [2.05, 4.69) is 26.1 Å². The fraction of sp³-hybridized carbons (Fsp3) is 1.00. The Morgan fingerprint density at radius 2 is 0.538 bits per heavy atom. The minimum absolute atomic E-state index is 0.894. The summed E-state index contributed by atoms with van der Waals surface area (Å²) in [5, 5.41) is 3.69. The molecule has 1 nitrogen and oxygen atoms in total. The number of nitrogens with one attached hydrogen (secondary N) is 1. The minimum Gasteiger partial charge on any atom is -0.317 e. The second-order valence-corrected chi connectivity index (χ2v) is 13.5. The molecule has 0 unspecified atom stereocenters. The van der Waals surface area contributed by atoms with Crippen LogP contribution in [0.3, 0.4) is 0 Å². The summed E-state index contributed by atoms with van der Waals surface area (Å²) in [4.78, 5) is 0. The van der Waals surface area contributed by atoms with Gasteiger partial charge < -0.3 is 5.32 Å². The molecular formula is C38H79N. The van der Waals surface area contributed by atoms with Crippen LogP contribution in [-0.2, 0) is 0 Å². The average molecular weight is 550 g/mol. The Hall–Kier alpha value is -0.0400. The number of rotatable bonds is 35. The summed E-state index contributed by atoms with van der Waals surface area (Å²) in [5.74, 6) is 0.894. The average Bonchev–Trinajstić information content (AvgIpc) is 2.93. The summed E-state index contributed by atoms with van der Waals surface area (Å²) in [6.07, 6.45) is 46.8. The maximum absolute atomic E-state index is 3.69. The molecular weight excluding hydrogens is 470 g/mol. The molecule has 0 heterocycles. The first kappa shape index (κ1) is 39.0. The summed E-state index contributed by atoms with van der Waals surface area (Å²) < 4.78 is 0. The Labute approximate surface area is 250 Å². The molecule has 0 atom stereocenters. The van der Waals surface area contributed by atoms with Gasteiger partial charge >= 0.3 is 0 Å². The normalized spacial score (nSPS) is 11.7. The van der Waals surface area contributed by atoms with E-state index in [0.29, 0.717) is 0 Å². The van der Waals surface area contributed by atoms with Crippen LogP contribution < -0.4 is 5.32 Å². The monoisotopic (exact) mass is 550 g/mol. The lowest BCUT2D eigenvalue weighted by atomic mass is 10.0. The smallest absolute Gasteiger partial charge is 0.00489 e. The van der Waals surface area contributed by atoms with Gasteiger partial charge in [0.1, 0.15) is 0 Å². The van der Waals surface area contributed by atoms with Crippen LogP contribution in [0.2, 0.25) is 0 Å².